The van der Waals surface area contributed by atoms with Gasteiger partial charge in [-0.15, -0.1) is 0 Å². The second kappa shape index (κ2) is 4.61. The molecule has 1 aromatic heterocycles. The summed E-state index contributed by atoms with van der Waals surface area (Å²) in [5, 5.41) is 8.83. The van der Waals surface area contributed by atoms with Gasteiger partial charge in [-0.1, -0.05) is 6.42 Å². The Morgan fingerprint density at radius 2 is 2.38 bits per heavy atom. The van der Waals surface area contributed by atoms with Gasteiger partial charge in [0.05, 0.1) is 0 Å². The normalized spacial score (nSPS) is 16.1. The van der Waals surface area contributed by atoms with Gasteiger partial charge in [0.25, 0.3) is 0 Å². The highest BCUT2D eigenvalue weighted by Crippen LogP contribution is 2.24. The molecule has 0 amide bonds. The molecule has 1 aliphatic rings. The number of pyridine rings is 1. The fraction of sp³-hybridized carbons (Fsp3) is 0.500. The lowest BCUT2D eigenvalue weighted by Gasteiger charge is -2.34. The summed E-state index contributed by atoms with van der Waals surface area (Å²) in [4.78, 5) is 16.9. The van der Waals surface area contributed by atoms with Gasteiger partial charge in [-0.25, -0.2) is 9.78 Å². The summed E-state index contributed by atoms with van der Waals surface area (Å²) < 4.78 is 0. The SMILES string of the molecule is CN(Cc1ccnc(C(=O)O)c1)C1CCC1. The molecule has 4 nitrogen and oxygen atoms in total. The molecule has 1 aliphatic carbocycles. The summed E-state index contributed by atoms with van der Waals surface area (Å²) in [6, 6.07) is 4.19. The van der Waals surface area contributed by atoms with Gasteiger partial charge in [-0.3, -0.25) is 4.90 Å². The third-order valence-electron chi connectivity index (χ3n) is 3.17. The average molecular weight is 220 g/mol. The number of rotatable bonds is 4. The van der Waals surface area contributed by atoms with E-state index in [0.717, 1.165) is 12.1 Å². The molecule has 1 saturated carbocycles. The minimum atomic E-state index is -0.965. The minimum absolute atomic E-state index is 0.125. The van der Waals surface area contributed by atoms with Gasteiger partial charge in [-0.05, 0) is 37.6 Å². The summed E-state index contributed by atoms with van der Waals surface area (Å²) >= 11 is 0. The van der Waals surface area contributed by atoms with E-state index in [0.29, 0.717) is 6.04 Å². The van der Waals surface area contributed by atoms with E-state index in [1.165, 1.54) is 19.3 Å². The Morgan fingerprint density at radius 1 is 1.62 bits per heavy atom. The standard InChI is InChI=1S/C12H16N2O2/c1-14(10-3-2-4-10)8-9-5-6-13-11(7-9)12(15)16/h5-7,10H,2-4,8H2,1H3,(H,15,16). The molecule has 1 fully saturated rings. The van der Waals surface area contributed by atoms with Crippen molar-refractivity contribution in [2.24, 2.45) is 0 Å². The average Bonchev–Trinajstić information content (AvgIpc) is 2.15. The van der Waals surface area contributed by atoms with Crippen molar-refractivity contribution in [1.29, 1.82) is 0 Å². The first-order valence-corrected chi connectivity index (χ1v) is 5.55. The van der Waals surface area contributed by atoms with Crippen molar-refractivity contribution < 1.29 is 9.90 Å². The molecule has 1 heterocycles. The van der Waals surface area contributed by atoms with Gasteiger partial charge in [0.15, 0.2) is 0 Å². The number of nitrogens with zero attached hydrogens (tertiary/aromatic N) is 2. The number of carboxylic acid groups (broad SMARTS) is 1. The van der Waals surface area contributed by atoms with E-state index in [9.17, 15) is 4.79 Å². The Hall–Kier alpha value is -1.42. The first kappa shape index (κ1) is 11.1. The molecular weight excluding hydrogens is 204 g/mol. The third-order valence-corrected chi connectivity index (χ3v) is 3.17. The molecule has 0 atom stereocenters. The highest BCUT2D eigenvalue weighted by molar-refractivity contribution is 5.85. The van der Waals surface area contributed by atoms with E-state index in [4.69, 9.17) is 5.11 Å². The first-order chi connectivity index (χ1) is 7.66. The summed E-state index contributed by atoms with van der Waals surface area (Å²) in [5.74, 6) is -0.965. The molecular formula is C12H16N2O2. The maximum Gasteiger partial charge on any atom is 0.354 e. The predicted octanol–water partition coefficient (Wildman–Crippen LogP) is 1.76. The Bertz CT molecular complexity index is 388. The predicted molar refractivity (Wildman–Crippen MR) is 60.3 cm³/mol. The van der Waals surface area contributed by atoms with Crippen molar-refractivity contribution >= 4 is 5.97 Å². The van der Waals surface area contributed by atoms with Crippen LogP contribution < -0.4 is 0 Å². The zero-order valence-corrected chi connectivity index (χ0v) is 9.39. The third kappa shape index (κ3) is 2.39. The summed E-state index contributed by atoms with van der Waals surface area (Å²) in [7, 11) is 2.09. The van der Waals surface area contributed by atoms with Gasteiger partial charge >= 0.3 is 5.97 Å². The maximum absolute atomic E-state index is 10.8. The lowest BCUT2D eigenvalue weighted by molar-refractivity contribution is 0.0690. The van der Waals surface area contributed by atoms with E-state index >= 15 is 0 Å². The van der Waals surface area contributed by atoms with E-state index in [-0.39, 0.29) is 5.69 Å². The van der Waals surface area contributed by atoms with Crippen LogP contribution in [-0.2, 0) is 6.54 Å². The van der Waals surface area contributed by atoms with Gasteiger partial charge in [0.1, 0.15) is 5.69 Å². The van der Waals surface area contributed by atoms with E-state index in [1.807, 2.05) is 6.07 Å². The van der Waals surface area contributed by atoms with Crippen LogP contribution in [0.25, 0.3) is 0 Å². The van der Waals surface area contributed by atoms with E-state index < -0.39 is 5.97 Å². The topological polar surface area (TPSA) is 53.4 Å². The van der Waals surface area contributed by atoms with Crippen molar-refractivity contribution in [1.82, 2.24) is 9.88 Å². The van der Waals surface area contributed by atoms with Crippen molar-refractivity contribution in [3.8, 4) is 0 Å². The summed E-state index contributed by atoms with van der Waals surface area (Å²) in [6.45, 7) is 0.799. The Kier molecular flexibility index (Phi) is 3.19. The molecule has 4 heteroatoms. The number of hydrogen-bond acceptors (Lipinski definition) is 3. The molecule has 2 rings (SSSR count). The number of aromatic carboxylic acids is 1. The van der Waals surface area contributed by atoms with Crippen LogP contribution in [0.3, 0.4) is 0 Å². The number of carbonyl (C=O) groups is 1. The van der Waals surface area contributed by atoms with Crippen LogP contribution in [0.5, 0.6) is 0 Å². The molecule has 0 aliphatic heterocycles. The molecule has 86 valence electrons. The summed E-state index contributed by atoms with van der Waals surface area (Å²) in [6.07, 6.45) is 5.39. The monoisotopic (exact) mass is 220 g/mol. The van der Waals surface area contributed by atoms with Gasteiger partial charge in [0, 0.05) is 18.8 Å². The molecule has 0 aromatic carbocycles. The van der Waals surface area contributed by atoms with Crippen LogP contribution in [0.2, 0.25) is 0 Å². The van der Waals surface area contributed by atoms with Crippen molar-refractivity contribution in [2.75, 3.05) is 7.05 Å². The van der Waals surface area contributed by atoms with Crippen LogP contribution in [0.15, 0.2) is 18.3 Å². The number of carboxylic acids is 1. The Balaban J connectivity index is 2.02. The van der Waals surface area contributed by atoms with Gasteiger partial charge in [-0.2, -0.15) is 0 Å². The fourth-order valence-electron chi connectivity index (χ4n) is 1.93. The fourth-order valence-corrected chi connectivity index (χ4v) is 1.93. The van der Waals surface area contributed by atoms with Crippen LogP contribution >= 0.6 is 0 Å². The first-order valence-electron chi connectivity index (χ1n) is 5.55. The lowest BCUT2D eigenvalue weighted by Crippen LogP contribution is -2.36. The second-order valence-electron chi connectivity index (χ2n) is 4.35. The number of aromatic nitrogens is 1. The van der Waals surface area contributed by atoms with Crippen molar-refractivity contribution in [3.63, 3.8) is 0 Å². The minimum Gasteiger partial charge on any atom is -0.477 e. The lowest BCUT2D eigenvalue weighted by atomic mass is 9.91. The molecule has 0 saturated heterocycles. The van der Waals surface area contributed by atoms with Crippen molar-refractivity contribution in [2.45, 2.75) is 31.8 Å². The number of hydrogen-bond donors (Lipinski definition) is 1. The Morgan fingerprint density at radius 3 is 2.94 bits per heavy atom. The zero-order valence-electron chi connectivity index (χ0n) is 9.39. The summed E-state index contributed by atoms with van der Waals surface area (Å²) in [5.41, 5.74) is 1.14. The Labute approximate surface area is 94.9 Å². The second-order valence-corrected chi connectivity index (χ2v) is 4.35. The molecule has 0 spiro atoms. The van der Waals surface area contributed by atoms with E-state index in [1.54, 1.807) is 12.3 Å². The molecule has 1 N–H and O–H groups in total. The van der Waals surface area contributed by atoms with Crippen LogP contribution in [-0.4, -0.2) is 34.0 Å². The largest absolute Gasteiger partial charge is 0.477 e. The zero-order chi connectivity index (χ0) is 11.5. The van der Waals surface area contributed by atoms with Gasteiger partial charge < -0.3 is 5.11 Å². The van der Waals surface area contributed by atoms with E-state index in [2.05, 4.69) is 16.9 Å². The van der Waals surface area contributed by atoms with Crippen LogP contribution in [0.1, 0.15) is 35.3 Å². The van der Waals surface area contributed by atoms with Crippen LogP contribution in [0, 0.1) is 0 Å². The van der Waals surface area contributed by atoms with Gasteiger partial charge in [0.2, 0.25) is 0 Å². The quantitative estimate of drug-likeness (QED) is 0.840. The molecule has 16 heavy (non-hydrogen) atoms. The molecule has 0 unspecified atom stereocenters. The maximum atomic E-state index is 10.8. The highest BCUT2D eigenvalue weighted by Gasteiger charge is 2.21. The molecule has 0 radical (unpaired) electrons. The molecule has 0 bridgehead atoms. The van der Waals surface area contributed by atoms with Crippen molar-refractivity contribution in [3.05, 3.63) is 29.6 Å². The highest BCUT2D eigenvalue weighted by atomic mass is 16.4. The van der Waals surface area contributed by atoms with Crippen LogP contribution in [0.4, 0.5) is 0 Å². The smallest absolute Gasteiger partial charge is 0.354 e. The molecule has 1 aromatic rings.